The third kappa shape index (κ3) is 4.39. The number of ketones is 1. The molecule has 31 heavy (non-hydrogen) atoms. The van der Waals surface area contributed by atoms with Gasteiger partial charge in [0.1, 0.15) is 11.3 Å². The van der Waals surface area contributed by atoms with Crippen molar-refractivity contribution in [1.29, 1.82) is 0 Å². The number of carbonyl (C=O) groups is 1. The van der Waals surface area contributed by atoms with Crippen LogP contribution in [0.5, 0.6) is 5.75 Å². The number of phenolic OH excluding ortho intramolecular Hbond substituents is 1. The highest BCUT2D eigenvalue weighted by Crippen LogP contribution is 2.24. The van der Waals surface area contributed by atoms with Gasteiger partial charge in [-0.3, -0.25) is 9.69 Å². The molecule has 8 nitrogen and oxygen atoms in total. The zero-order valence-electron chi connectivity index (χ0n) is 16.9. The molecule has 4 rings (SSSR count). The molecule has 162 valence electrons. The van der Waals surface area contributed by atoms with E-state index in [0.717, 1.165) is 10.9 Å². The van der Waals surface area contributed by atoms with Crippen LogP contribution in [0, 0.1) is 0 Å². The van der Waals surface area contributed by atoms with Crippen molar-refractivity contribution < 1.29 is 22.7 Å². The molecule has 0 unspecified atom stereocenters. The maximum atomic E-state index is 13.0. The van der Waals surface area contributed by atoms with E-state index in [1.165, 1.54) is 41.6 Å². The number of sulfonamides is 1. The number of piperazine rings is 1. The molecule has 1 aliphatic heterocycles. The van der Waals surface area contributed by atoms with Crippen LogP contribution in [0.1, 0.15) is 22.8 Å². The van der Waals surface area contributed by atoms with E-state index in [1.807, 2.05) is 0 Å². The van der Waals surface area contributed by atoms with Crippen LogP contribution in [0.25, 0.3) is 11.0 Å². The third-order valence-electron chi connectivity index (χ3n) is 5.42. The highest BCUT2D eigenvalue weighted by molar-refractivity contribution is 7.89. The lowest BCUT2D eigenvalue weighted by Crippen LogP contribution is -2.48. The molecule has 0 saturated carbocycles. The summed E-state index contributed by atoms with van der Waals surface area (Å²) in [6.45, 7) is 3.44. The summed E-state index contributed by atoms with van der Waals surface area (Å²) in [5.74, 6) is -0.171. The van der Waals surface area contributed by atoms with Gasteiger partial charge in [0.05, 0.1) is 4.90 Å². The van der Waals surface area contributed by atoms with Crippen LogP contribution in [0.2, 0.25) is 0 Å². The molecule has 1 aliphatic rings. The monoisotopic (exact) mass is 442 g/mol. The van der Waals surface area contributed by atoms with Crippen molar-refractivity contribution in [2.24, 2.45) is 0 Å². The van der Waals surface area contributed by atoms with Gasteiger partial charge in [-0.2, -0.15) is 4.31 Å². The Kier molecular flexibility index (Phi) is 5.65. The van der Waals surface area contributed by atoms with Gasteiger partial charge < -0.3 is 9.52 Å². The Morgan fingerprint density at radius 1 is 1.06 bits per heavy atom. The Labute approximate surface area is 179 Å². The average Bonchev–Trinajstić information content (AvgIpc) is 2.73. The first-order valence-corrected chi connectivity index (χ1v) is 11.3. The van der Waals surface area contributed by atoms with E-state index in [9.17, 15) is 23.1 Å². The van der Waals surface area contributed by atoms with Crippen LogP contribution in [0.3, 0.4) is 0 Å². The lowest BCUT2D eigenvalue weighted by molar-refractivity contribution is 0.101. The summed E-state index contributed by atoms with van der Waals surface area (Å²) in [5, 5.41) is 10.4. The van der Waals surface area contributed by atoms with Crippen molar-refractivity contribution in [2.75, 3.05) is 26.2 Å². The van der Waals surface area contributed by atoms with Crippen LogP contribution >= 0.6 is 0 Å². The second-order valence-corrected chi connectivity index (χ2v) is 9.47. The Balaban J connectivity index is 1.49. The molecule has 2 heterocycles. The van der Waals surface area contributed by atoms with E-state index < -0.39 is 15.6 Å². The van der Waals surface area contributed by atoms with Gasteiger partial charge in [0, 0.05) is 55.8 Å². The smallest absolute Gasteiger partial charge is 0.336 e. The minimum atomic E-state index is -3.70. The largest absolute Gasteiger partial charge is 0.508 e. The van der Waals surface area contributed by atoms with E-state index in [1.54, 1.807) is 18.2 Å². The molecule has 1 N–H and O–H groups in total. The minimum Gasteiger partial charge on any atom is -0.508 e. The fraction of sp³-hybridized carbons (Fsp3) is 0.273. The van der Waals surface area contributed by atoms with Gasteiger partial charge in [-0.15, -0.1) is 0 Å². The zero-order chi connectivity index (χ0) is 22.2. The second-order valence-electron chi connectivity index (χ2n) is 7.54. The summed E-state index contributed by atoms with van der Waals surface area (Å²) in [6.07, 6.45) is 0. The number of hydrogen-bond acceptors (Lipinski definition) is 7. The normalized spacial score (nSPS) is 15.9. The van der Waals surface area contributed by atoms with Crippen molar-refractivity contribution in [3.8, 4) is 5.75 Å². The summed E-state index contributed by atoms with van der Waals surface area (Å²) in [5.41, 5.74) is 0.936. The Hall–Kier alpha value is -3.01. The first kappa shape index (κ1) is 21.2. The highest BCUT2D eigenvalue weighted by Gasteiger charge is 2.29. The van der Waals surface area contributed by atoms with Gasteiger partial charge in [-0.05, 0) is 36.8 Å². The standard InChI is InChI=1S/C22H22N2O6S/c1-15(25)16-3-2-4-19(11-16)31(28,29)24-9-7-23(8-10-24)14-17-12-22(27)30-21-13-18(26)5-6-20(17)21/h2-6,11-13,26H,7-10,14H2,1H3. The maximum Gasteiger partial charge on any atom is 0.336 e. The lowest BCUT2D eigenvalue weighted by Gasteiger charge is -2.34. The summed E-state index contributed by atoms with van der Waals surface area (Å²) in [7, 11) is -3.70. The summed E-state index contributed by atoms with van der Waals surface area (Å²) < 4.78 is 32.6. The first-order chi connectivity index (χ1) is 14.7. The van der Waals surface area contributed by atoms with Crippen LogP contribution < -0.4 is 5.63 Å². The van der Waals surface area contributed by atoms with Gasteiger partial charge >= 0.3 is 5.63 Å². The van der Waals surface area contributed by atoms with Gasteiger partial charge in [-0.25, -0.2) is 13.2 Å². The molecule has 0 radical (unpaired) electrons. The Bertz CT molecular complexity index is 1310. The molecule has 9 heteroatoms. The molecule has 1 aromatic heterocycles. The molecule has 0 aliphatic carbocycles. The van der Waals surface area contributed by atoms with Gasteiger partial charge in [0.25, 0.3) is 0 Å². The van der Waals surface area contributed by atoms with E-state index in [2.05, 4.69) is 4.90 Å². The number of Topliss-reactive ketones (excluding diaryl/α,β-unsaturated/α-hetero) is 1. The zero-order valence-corrected chi connectivity index (χ0v) is 17.8. The fourth-order valence-corrected chi connectivity index (χ4v) is 5.21. The number of fused-ring (bicyclic) bond motifs is 1. The van der Waals surface area contributed by atoms with E-state index in [-0.39, 0.29) is 16.4 Å². The summed E-state index contributed by atoms with van der Waals surface area (Å²) in [6, 6.07) is 12.1. The number of aromatic hydroxyl groups is 1. The third-order valence-corrected chi connectivity index (χ3v) is 7.31. The molecule has 1 fully saturated rings. The highest BCUT2D eigenvalue weighted by atomic mass is 32.2. The van der Waals surface area contributed by atoms with Gasteiger partial charge in [-0.1, -0.05) is 12.1 Å². The number of phenols is 1. The number of rotatable bonds is 5. The van der Waals surface area contributed by atoms with E-state index in [4.69, 9.17) is 4.42 Å². The van der Waals surface area contributed by atoms with Gasteiger partial charge in [0.2, 0.25) is 10.0 Å². The molecule has 0 amide bonds. The predicted molar refractivity (Wildman–Crippen MR) is 115 cm³/mol. The second kappa shape index (κ2) is 8.26. The maximum absolute atomic E-state index is 13.0. The summed E-state index contributed by atoms with van der Waals surface area (Å²) in [4.78, 5) is 25.7. The molecular formula is C22H22N2O6S. The van der Waals surface area contributed by atoms with Crippen LogP contribution in [-0.2, 0) is 16.6 Å². The average molecular weight is 442 g/mol. The number of nitrogens with zero attached hydrogens (tertiary/aromatic N) is 2. The van der Waals surface area contributed by atoms with Gasteiger partial charge in [0.15, 0.2) is 5.78 Å². The number of carbonyl (C=O) groups excluding carboxylic acids is 1. The van der Waals surface area contributed by atoms with E-state index >= 15 is 0 Å². The summed E-state index contributed by atoms with van der Waals surface area (Å²) >= 11 is 0. The van der Waals surface area contributed by atoms with Crippen molar-refractivity contribution in [3.05, 3.63) is 70.1 Å². The topological polar surface area (TPSA) is 108 Å². The lowest BCUT2D eigenvalue weighted by atomic mass is 10.1. The first-order valence-electron chi connectivity index (χ1n) is 9.83. The SMILES string of the molecule is CC(=O)c1cccc(S(=O)(=O)N2CCN(Cc3cc(=O)oc4cc(O)ccc34)CC2)c1. The molecule has 0 spiro atoms. The molecular weight excluding hydrogens is 420 g/mol. The van der Waals surface area contributed by atoms with E-state index in [0.29, 0.717) is 43.9 Å². The minimum absolute atomic E-state index is 0.0143. The predicted octanol–water partition coefficient (Wildman–Crippen LogP) is 2.21. The molecule has 0 atom stereocenters. The molecule has 0 bridgehead atoms. The van der Waals surface area contributed by atoms with Crippen molar-refractivity contribution in [2.45, 2.75) is 18.4 Å². The quantitative estimate of drug-likeness (QED) is 0.477. The molecule has 1 saturated heterocycles. The Morgan fingerprint density at radius 3 is 2.52 bits per heavy atom. The molecule has 2 aromatic carbocycles. The Morgan fingerprint density at radius 2 is 1.81 bits per heavy atom. The van der Waals surface area contributed by atoms with Crippen molar-refractivity contribution in [3.63, 3.8) is 0 Å². The van der Waals surface area contributed by atoms with Crippen LogP contribution in [-0.4, -0.2) is 54.7 Å². The van der Waals surface area contributed by atoms with Crippen molar-refractivity contribution in [1.82, 2.24) is 9.21 Å². The molecule has 3 aromatic rings. The van der Waals surface area contributed by atoms with Crippen LogP contribution in [0.4, 0.5) is 0 Å². The van der Waals surface area contributed by atoms with Crippen LogP contribution in [0.15, 0.2) is 62.6 Å². The van der Waals surface area contributed by atoms with Crippen molar-refractivity contribution >= 4 is 26.8 Å². The number of hydrogen-bond donors (Lipinski definition) is 1. The fourth-order valence-electron chi connectivity index (χ4n) is 3.74. The number of benzene rings is 2.